The van der Waals surface area contributed by atoms with Crippen molar-refractivity contribution in [2.75, 3.05) is 71.5 Å². The van der Waals surface area contributed by atoms with Crippen molar-refractivity contribution in [3.8, 4) is 34.8 Å². The number of nitrogens with one attached hydrogen (secondary N) is 3. The summed E-state index contributed by atoms with van der Waals surface area (Å²) >= 11 is 0. The lowest BCUT2D eigenvalue weighted by molar-refractivity contribution is -0.121. The monoisotopic (exact) mass is 1660 g/mol. The zero-order valence-electron chi connectivity index (χ0n) is 68.0. The number of aromatic nitrogens is 8. The van der Waals surface area contributed by atoms with Crippen LogP contribution in [-0.2, 0) is 63.3 Å². The molecule has 4 aromatic heterocycles. The molecule has 2 aliphatic heterocycles. The van der Waals surface area contributed by atoms with Crippen LogP contribution in [0.5, 0.6) is 11.5 Å². The maximum atomic E-state index is 14.0. The maximum absolute atomic E-state index is 14.0. The van der Waals surface area contributed by atoms with Crippen LogP contribution in [0.25, 0.3) is 33.5 Å². The minimum atomic E-state index is -2.43. The van der Waals surface area contributed by atoms with Gasteiger partial charge in [0.05, 0.1) is 90.5 Å². The second-order valence-corrected chi connectivity index (χ2v) is 32.6. The van der Waals surface area contributed by atoms with Crippen LogP contribution in [0, 0.1) is 28.6 Å². The van der Waals surface area contributed by atoms with Gasteiger partial charge in [0.2, 0.25) is 11.8 Å². The van der Waals surface area contributed by atoms with Crippen LogP contribution < -0.4 is 25.4 Å². The molecule has 4 unspecified atom stereocenters. The highest BCUT2D eigenvalue weighted by Gasteiger charge is 2.47. The van der Waals surface area contributed by atoms with Crippen LogP contribution in [0.3, 0.4) is 0 Å². The first-order valence-corrected chi connectivity index (χ1v) is 42.1. The third-order valence-corrected chi connectivity index (χ3v) is 24.2. The Bertz CT molecular complexity index is 5070. The highest BCUT2D eigenvalue weighted by molar-refractivity contribution is 7.44. The molecular formula is C87H99N15O15P2. The van der Waals surface area contributed by atoms with Crippen molar-refractivity contribution in [3.63, 3.8) is 0 Å². The topological polar surface area (TPSA) is 347 Å². The van der Waals surface area contributed by atoms with Gasteiger partial charge in [-0.05, 0) is 127 Å². The average molecular weight is 1660 g/mol. The van der Waals surface area contributed by atoms with Gasteiger partial charge in [0.1, 0.15) is 61.0 Å². The highest BCUT2D eigenvalue weighted by atomic mass is 31.2. The molecule has 0 radical (unpaired) electrons. The summed E-state index contributed by atoms with van der Waals surface area (Å²) in [4.78, 5) is 83.0. The fourth-order valence-electron chi connectivity index (χ4n) is 14.9. The minimum Gasteiger partial charge on any atom is -0.497 e. The summed E-state index contributed by atoms with van der Waals surface area (Å²) in [6, 6.07) is 52.6. The standard InChI is InChI=1S/C87H99N15O15P2/c1-56(2)27-40-75(103)90-48-59-28-30-60(31-29-59)85(105)98-82-80-84(94-53-92-82)101(55-96-80)78-47-72(73(114-78)50-110-87(61-20-11-10-12-21-61,62-32-36-64(107-8)37-33-62)63-34-38-65(108-9)39-35-63)117-119(112-45-19-42-89)113-51-74-71(116-118(111-44-18-41-88)102(57(3)4)58(5)6)46-77(115-74)100-54-95-79-81(91-52-93-83(79)100)97-76(104)26-17-43-99(7)86(106)109-49-70-68-24-15-13-22-66(68)67-23-14-16-25-69(67)70/h10-16,20-25,28-39,52-58,70-74,77-78H,17-19,26-27,40,43-51H2,1-9H3,(H,90,103)(H,91,93,97,104)(H,92,94,98,105)/t71?,72?,73-,74-,77-,78-,118?,119?/m1/s1. The van der Waals surface area contributed by atoms with Gasteiger partial charge in [-0.3, -0.25) is 23.5 Å². The first-order chi connectivity index (χ1) is 57.8. The molecule has 10 aromatic rings. The van der Waals surface area contributed by atoms with Crippen molar-refractivity contribution in [1.29, 1.82) is 10.5 Å². The summed E-state index contributed by atoms with van der Waals surface area (Å²) in [7, 11) is 0.570. The predicted molar refractivity (Wildman–Crippen MR) is 446 cm³/mol. The van der Waals surface area contributed by atoms with Crippen LogP contribution in [0.2, 0.25) is 0 Å². The van der Waals surface area contributed by atoms with E-state index in [1.54, 1.807) is 67.3 Å². The van der Waals surface area contributed by atoms with E-state index in [1.807, 2.05) is 131 Å². The number of carbonyl (C=O) groups excluding carboxylic acids is 4. The number of amides is 4. The van der Waals surface area contributed by atoms with Gasteiger partial charge in [-0.2, -0.15) is 10.5 Å². The number of carbonyl (C=O) groups is 4. The quantitative estimate of drug-likeness (QED) is 0.0182. The second-order valence-electron chi connectivity index (χ2n) is 30.0. The molecule has 30 nitrogen and oxygen atoms in total. The van der Waals surface area contributed by atoms with E-state index >= 15 is 0 Å². The molecular weight excluding hydrogens is 1560 g/mol. The Morgan fingerprint density at radius 2 is 1.13 bits per heavy atom. The minimum absolute atomic E-state index is 0.0221. The molecule has 622 valence electrons. The summed E-state index contributed by atoms with van der Waals surface area (Å²) < 4.78 is 78.7. The lowest BCUT2D eigenvalue weighted by Gasteiger charge is -2.37. The zero-order valence-corrected chi connectivity index (χ0v) is 69.8. The Morgan fingerprint density at radius 3 is 1.70 bits per heavy atom. The van der Waals surface area contributed by atoms with Crippen LogP contribution in [0.4, 0.5) is 16.4 Å². The predicted octanol–water partition coefficient (Wildman–Crippen LogP) is 15.4. The molecule has 3 N–H and O–H groups in total. The molecule has 1 aliphatic carbocycles. The van der Waals surface area contributed by atoms with E-state index in [4.69, 9.17) is 66.0 Å². The molecule has 6 aromatic carbocycles. The Hall–Kier alpha value is -10.8. The second kappa shape index (κ2) is 40.8. The lowest BCUT2D eigenvalue weighted by Crippen LogP contribution is -2.38. The van der Waals surface area contributed by atoms with E-state index in [0.29, 0.717) is 53.7 Å². The van der Waals surface area contributed by atoms with Gasteiger partial charge in [-0.25, -0.2) is 39.4 Å². The summed E-state index contributed by atoms with van der Waals surface area (Å²) in [6.45, 7) is 12.7. The number of methoxy groups -OCH3 is 2. The summed E-state index contributed by atoms with van der Waals surface area (Å²) in [6.07, 6.45) is 2.13. The molecule has 8 atom stereocenters. The number of hydrogen-bond acceptors (Lipinski definition) is 24. The maximum Gasteiger partial charge on any atom is 0.409 e. The van der Waals surface area contributed by atoms with E-state index < -0.39 is 71.6 Å². The summed E-state index contributed by atoms with van der Waals surface area (Å²) in [5.41, 5.74) is 7.88. The highest BCUT2D eigenvalue weighted by Crippen LogP contribution is 2.53. The third-order valence-electron chi connectivity index (χ3n) is 20.9. The van der Waals surface area contributed by atoms with Gasteiger partial charge in [-0.1, -0.05) is 129 Å². The Kier molecular flexibility index (Phi) is 29.5. The van der Waals surface area contributed by atoms with Crippen molar-refractivity contribution in [2.24, 2.45) is 5.92 Å². The van der Waals surface area contributed by atoms with Crippen LogP contribution in [-0.4, -0.2) is 170 Å². The van der Waals surface area contributed by atoms with Crippen molar-refractivity contribution in [3.05, 3.63) is 216 Å². The van der Waals surface area contributed by atoms with E-state index in [-0.39, 0.29) is 124 Å². The van der Waals surface area contributed by atoms with Crippen LogP contribution in [0.1, 0.15) is 155 Å². The molecule has 2 saturated heterocycles. The van der Waals surface area contributed by atoms with Crippen LogP contribution in [0.15, 0.2) is 177 Å². The van der Waals surface area contributed by atoms with E-state index in [1.165, 1.54) is 17.6 Å². The van der Waals surface area contributed by atoms with E-state index in [9.17, 15) is 29.7 Å². The number of hydrogen-bond donors (Lipinski definition) is 3. The van der Waals surface area contributed by atoms with Gasteiger partial charge in [-0.15, -0.1) is 0 Å². The molecule has 3 aliphatic rings. The molecule has 13 rings (SSSR count). The van der Waals surface area contributed by atoms with Crippen molar-refractivity contribution >= 4 is 74.9 Å². The molecule has 0 spiro atoms. The Morgan fingerprint density at radius 1 is 0.597 bits per heavy atom. The summed E-state index contributed by atoms with van der Waals surface area (Å²) in [5, 5.41) is 28.5. The third kappa shape index (κ3) is 20.7. The number of nitriles is 2. The van der Waals surface area contributed by atoms with E-state index in [2.05, 4.69) is 85.8 Å². The van der Waals surface area contributed by atoms with Gasteiger partial charge in [0.25, 0.3) is 14.4 Å². The van der Waals surface area contributed by atoms with Gasteiger partial charge >= 0.3 is 14.7 Å². The number of rotatable bonds is 40. The molecule has 6 heterocycles. The average Bonchev–Trinajstić information content (AvgIpc) is 1.28. The summed E-state index contributed by atoms with van der Waals surface area (Å²) in [5.74, 6) is 1.03. The number of benzene rings is 6. The first kappa shape index (κ1) is 86.0. The van der Waals surface area contributed by atoms with Crippen LogP contribution >= 0.6 is 17.1 Å². The van der Waals surface area contributed by atoms with Gasteiger partial charge in [0, 0.05) is 69.4 Å². The number of imidazole rings is 2. The smallest absolute Gasteiger partial charge is 0.409 e. The van der Waals surface area contributed by atoms with E-state index in [0.717, 1.165) is 50.9 Å². The first-order valence-electron chi connectivity index (χ1n) is 39.9. The van der Waals surface area contributed by atoms with Crippen molar-refractivity contribution < 1.29 is 70.2 Å². The van der Waals surface area contributed by atoms with Crippen molar-refractivity contribution in [2.45, 2.75) is 160 Å². The number of ether oxygens (including phenoxy) is 6. The number of fused-ring (bicyclic) bond motifs is 5. The zero-order chi connectivity index (χ0) is 83.5. The molecule has 4 amide bonds. The largest absolute Gasteiger partial charge is 0.497 e. The van der Waals surface area contributed by atoms with Gasteiger partial charge in [0.15, 0.2) is 34.0 Å². The molecule has 0 saturated carbocycles. The molecule has 0 bridgehead atoms. The Balaban J connectivity index is 0.762. The normalized spacial score (nSPS) is 17.6. The molecule has 32 heteroatoms. The SMILES string of the molecule is COc1ccc(C(OC[C@H]2O[C@@H](n3cnc4c(NC(=O)c5ccc(CNC(=O)CCC(C)C)cc5)ncnc43)CC2OP(OCCC#N)OC[C@H]2O[C@@H](n3cnc4c(NC(=O)CCCN(C)C(=O)OCC5c6ccccc6-c6ccccc65)ncnc43)CC2OP(OCCC#N)N(C(C)C)C(C)C)(c2ccccc2)c2ccc(OC)cc2)cc1. The number of anilines is 2. The van der Waals surface area contributed by atoms with Crippen molar-refractivity contribution in [1.82, 2.24) is 53.9 Å². The molecule has 2 fully saturated rings. The fraction of sp³-hybridized carbons (Fsp3) is 0.402. The fourth-order valence-corrected chi connectivity index (χ4v) is 17.8. The Labute approximate surface area is 694 Å². The molecule has 119 heavy (non-hydrogen) atoms. The lowest BCUT2D eigenvalue weighted by atomic mass is 9.80. The van der Waals surface area contributed by atoms with Gasteiger partial charge < -0.3 is 71.9 Å². The number of nitrogens with zero attached hydrogens (tertiary/aromatic N) is 12.